The van der Waals surface area contributed by atoms with Crippen molar-refractivity contribution in [1.29, 1.82) is 0 Å². The van der Waals surface area contributed by atoms with Crippen molar-refractivity contribution >= 4 is 0 Å². The Labute approximate surface area is 103 Å². The molecule has 1 N–H and O–H groups in total. The normalized spacial score (nSPS) is 12.8. The quantitative estimate of drug-likeness (QED) is 0.788. The molecule has 2 nitrogen and oxygen atoms in total. The SMILES string of the molecule is CCC(CNCC(C)C)Oc1cccc(F)c1. The van der Waals surface area contributed by atoms with Crippen LogP contribution in [0.2, 0.25) is 0 Å². The molecule has 0 aromatic heterocycles. The average molecular weight is 239 g/mol. The van der Waals surface area contributed by atoms with E-state index in [1.54, 1.807) is 12.1 Å². The van der Waals surface area contributed by atoms with Crippen molar-refractivity contribution in [3.8, 4) is 5.75 Å². The van der Waals surface area contributed by atoms with Crippen molar-refractivity contribution in [2.75, 3.05) is 13.1 Å². The summed E-state index contributed by atoms with van der Waals surface area (Å²) in [5.41, 5.74) is 0. The van der Waals surface area contributed by atoms with E-state index in [-0.39, 0.29) is 11.9 Å². The topological polar surface area (TPSA) is 21.3 Å². The van der Waals surface area contributed by atoms with Crippen LogP contribution in [0.1, 0.15) is 27.2 Å². The van der Waals surface area contributed by atoms with Crippen molar-refractivity contribution in [3.63, 3.8) is 0 Å². The van der Waals surface area contributed by atoms with Gasteiger partial charge in [0.15, 0.2) is 0 Å². The Morgan fingerprint density at radius 3 is 2.65 bits per heavy atom. The second-order valence-electron chi connectivity index (χ2n) is 4.66. The molecule has 0 radical (unpaired) electrons. The van der Waals surface area contributed by atoms with Gasteiger partial charge in [0.05, 0.1) is 0 Å². The zero-order valence-electron chi connectivity index (χ0n) is 10.9. The molecule has 1 rings (SSSR count). The predicted molar refractivity (Wildman–Crippen MR) is 68.8 cm³/mol. The molecule has 1 unspecified atom stereocenters. The molecule has 1 aromatic carbocycles. The van der Waals surface area contributed by atoms with E-state index in [0.717, 1.165) is 19.5 Å². The van der Waals surface area contributed by atoms with Crippen molar-refractivity contribution in [1.82, 2.24) is 5.32 Å². The van der Waals surface area contributed by atoms with Gasteiger partial charge >= 0.3 is 0 Å². The smallest absolute Gasteiger partial charge is 0.126 e. The Kier molecular flexibility index (Phi) is 5.98. The zero-order valence-corrected chi connectivity index (χ0v) is 10.9. The number of hydrogen-bond donors (Lipinski definition) is 1. The summed E-state index contributed by atoms with van der Waals surface area (Å²) in [4.78, 5) is 0. The van der Waals surface area contributed by atoms with Gasteiger partial charge in [-0.3, -0.25) is 0 Å². The number of nitrogens with one attached hydrogen (secondary N) is 1. The van der Waals surface area contributed by atoms with Gasteiger partial charge in [-0.1, -0.05) is 26.8 Å². The maximum absolute atomic E-state index is 13.0. The lowest BCUT2D eigenvalue weighted by Crippen LogP contribution is -2.33. The van der Waals surface area contributed by atoms with Crippen LogP contribution in [0, 0.1) is 11.7 Å². The third kappa shape index (κ3) is 5.68. The summed E-state index contributed by atoms with van der Waals surface area (Å²) < 4.78 is 18.7. The van der Waals surface area contributed by atoms with E-state index in [1.807, 2.05) is 0 Å². The summed E-state index contributed by atoms with van der Waals surface area (Å²) in [7, 11) is 0. The molecule has 0 amide bonds. The van der Waals surface area contributed by atoms with Crippen molar-refractivity contribution in [3.05, 3.63) is 30.1 Å². The highest BCUT2D eigenvalue weighted by molar-refractivity contribution is 5.22. The van der Waals surface area contributed by atoms with Crippen LogP contribution in [0.25, 0.3) is 0 Å². The van der Waals surface area contributed by atoms with Gasteiger partial charge in [0, 0.05) is 12.6 Å². The van der Waals surface area contributed by atoms with Crippen molar-refractivity contribution in [2.45, 2.75) is 33.3 Å². The lowest BCUT2D eigenvalue weighted by molar-refractivity contribution is 0.191. The van der Waals surface area contributed by atoms with E-state index in [9.17, 15) is 4.39 Å². The first kappa shape index (κ1) is 14.0. The number of rotatable bonds is 7. The molecule has 0 aliphatic heterocycles. The molecule has 0 heterocycles. The van der Waals surface area contributed by atoms with Crippen LogP contribution in [0.3, 0.4) is 0 Å². The molecule has 0 saturated carbocycles. The average Bonchev–Trinajstić information content (AvgIpc) is 2.27. The summed E-state index contributed by atoms with van der Waals surface area (Å²) >= 11 is 0. The van der Waals surface area contributed by atoms with Gasteiger partial charge in [-0.05, 0) is 31.0 Å². The first-order chi connectivity index (χ1) is 8.11. The molecule has 3 heteroatoms. The highest BCUT2D eigenvalue weighted by atomic mass is 19.1. The Morgan fingerprint density at radius 2 is 2.06 bits per heavy atom. The minimum atomic E-state index is -0.257. The molecule has 0 fully saturated rings. The number of ether oxygens (including phenoxy) is 1. The van der Waals surface area contributed by atoms with Gasteiger partial charge in [-0.25, -0.2) is 4.39 Å². The second kappa shape index (κ2) is 7.28. The van der Waals surface area contributed by atoms with Crippen molar-refractivity contribution < 1.29 is 9.13 Å². The molecule has 0 aliphatic carbocycles. The van der Waals surface area contributed by atoms with E-state index in [1.165, 1.54) is 12.1 Å². The van der Waals surface area contributed by atoms with Gasteiger partial charge < -0.3 is 10.1 Å². The van der Waals surface area contributed by atoms with Crippen LogP contribution in [0.4, 0.5) is 4.39 Å². The second-order valence-corrected chi connectivity index (χ2v) is 4.66. The zero-order chi connectivity index (χ0) is 12.7. The Hall–Kier alpha value is -1.09. The molecule has 0 spiro atoms. The van der Waals surface area contributed by atoms with E-state index in [0.29, 0.717) is 11.7 Å². The monoisotopic (exact) mass is 239 g/mol. The first-order valence-corrected chi connectivity index (χ1v) is 6.24. The van der Waals surface area contributed by atoms with Gasteiger partial charge in [0.25, 0.3) is 0 Å². The summed E-state index contributed by atoms with van der Waals surface area (Å²) in [6, 6.07) is 6.29. The highest BCUT2D eigenvalue weighted by Crippen LogP contribution is 2.14. The number of hydrogen-bond acceptors (Lipinski definition) is 2. The minimum Gasteiger partial charge on any atom is -0.489 e. The lowest BCUT2D eigenvalue weighted by Gasteiger charge is -2.19. The third-order valence-electron chi connectivity index (χ3n) is 2.48. The fourth-order valence-corrected chi connectivity index (χ4v) is 1.54. The molecule has 0 saturated heterocycles. The molecule has 0 aliphatic rings. The van der Waals surface area contributed by atoms with Crippen LogP contribution in [0.5, 0.6) is 5.75 Å². The van der Waals surface area contributed by atoms with Crippen LogP contribution in [-0.2, 0) is 0 Å². The summed E-state index contributed by atoms with van der Waals surface area (Å²) in [6.45, 7) is 8.18. The molecular weight excluding hydrogens is 217 g/mol. The molecule has 1 atom stereocenters. The molecule has 96 valence electrons. The van der Waals surface area contributed by atoms with Gasteiger partial charge in [0.2, 0.25) is 0 Å². The number of halogens is 1. The summed E-state index contributed by atoms with van der Waals surface area (Å²) in [5.74, 6) is 0.970. The van der Waals surface area contributed by atoms with Gasteiger partial charge in [-0.15, -0.1) is 0 Å². The van der Waals surface area contributed by atoms with Crippen LogP contribution < -0.4 is 10.1 Å². The Morgan fingerprint density at radius 1 is 1.29 bits per heavy atom. The van der Waals surface area contributed by atoms with E-state index in [4.69, 9.17) is 4.74 Å². The van der Waals surface area contributed by atoms with E-state index < -0.39 is 0 Å². The molecule has 1 aromatic rings. The molecule has 17 heavy (non-hydrogen) atoms. The fourth-order valence-electron chi connectivity index (χ4n) is 1.54. The summed E-state index contributed by atoms with van der Waals surface area (Å²) in [6.07, 6.45) is 0.997. The van der Waals surface area contributed by atoms with E-state index in [2.05, 4.69) is 26.1 Å². The van der Waals surface area contributed by atoms with Crippen LogP contribution in [0.15, 0.2) is 24.3 Å². The van der Waals surface area contributed by atoms with Crippen LogP contribution in [-0.4, -0.2) is 19.2 Å². The fraction of sp³-hybridized carbons (Fsp3) is 0.571. The maximum atomic E-state index is 13.0. The van der Waals surface area contributed by atoms with Gasteiger partial charge in [0.1, 0.15) is 17.7 Å². The first-order valence-electron chi connectivity index (χ1n) is 6.24. The highest BCUT2D eigenvalue weighted by Gasteiger charge is 2.08. The molecule has 0 bridgehead atoms. The third-order valence-corrected chi connectivity index (χ3v) is 2.48. The van der Waals surface area contributed by atoms with E-state index >= 15 is 0 Å². The minimum absolute atomic E-state index is 0.0931. The Bertz CT molecular complexity index is 328. The van der Waals surface area contributed by atoms with Crippen LogP contribution >= 0.6 is 0 Å². The van der Waals surface area contributed by atoms with Gasteiger partial charge in [-0.2, -0.15) is 0 Å². The number of benzene rings is 1. The lowest BCUT2D eigenvalue weighted by atomic mass is 10.2. The summed E-state index contributed by atoms with van der Waals surface area (Å²) in [5, 5.41) is 3.35. The predicted octanol–water partition coefficient (Wildman–Crippen LogP) is 3.23. The standard InChI is InChI=1S/C14H22FNO/c1-4-13(10-16-9-11(2)3)17-14-7-5-6-12(15)8-14/h5-8,11,13,16H,4,9-10H2,1-3H3. The maximum Gasteiger partial charge on any atom is 0.126 e. The Balaban J connectivity index is 2.41. The van der Waals surface area contributed by atoms with Crippen molar-refractivity contribution in [2.24, 2.45) is 5.92 Å². The largest absolute Gasteiger partial charge is 0.489 e. The molecular formula is C14H22FNO.